The quantitative estimate of drug-likeness (QED) is 0.868. The zero-order valence-electron chi connectivity index (χ0n) is 11.9. The summed E-state index contributed by atoms with van der Waals surface area (Å²) < 4.78 is 0. The van der Waals surface area contributed by atoms with Gasteiger partial charge in [0.2, 0.25) is 0 Å². The molecular weight excluding hydrogens is 260 g/mol. The molecule has 0 aromatic heterocycles. The van der Waals surface area contributed by atoms with Gasteiger partial charge in [0.25, 0.3) is 5.91 Å². The predicted octanol–water partition coefficient (Wildman–Crippen LogP) is 3.25. The summed E-state index contributed by atoms with van der Waals surface area (Å²) in [6.45, 7) is 1.78. The number of carbonyl (C=O) groups is 1. The maximum atomic E-state index is 12.9. The fraction of sp³-hybridized carbons (Fsp3) is 0.278. The smallest absolute Gasteiger partial charge is 0.258 e. The minimum atomic E-state index is 0.122. The summed E-state index contributed by atoms with van der Waals surface area (Å²) in [6, 6.07) is 14.3. The Morgan fingerprint density at radius 1 is 1.05 bits per heavy atom. The van der Waals surface area contributed by atoms with Gasteiger partial charge in [-0.1, -0.05) is 18.2 Å². The first kappa shape index (κ1) is 12.5. The molecule has 0 unspecified atom stereocenters. The summed E-state index contributed by atoms with van der Waals surface area (Å²) in [4.78, 5) is 14.8. The molecule has 2 aliphatic heterocycles. The van der Waals surface area contributed by atoms with Crippen LogP contribution in [0.25, 0.3) is 0 Å². The van der Waals surface area contributed by atoms with Crippen LogP contribution < -0.4 is 10.2 Å². The van der Waals surface area contributed by atoms with E-state index in [9.17, 15) is 4.79 Å². The van der Waals surface area contributed by atoms with Crippen molar-refractivity contribution in [1.29, 1.82) is 0 Å². The highest BCUT2D eigenvalue weighted by molar-refractivity contribution is 6.07. The lowest BCUT2D eigenvalue weighted by atomic mass is 10.00. The third-order valence-corrected chi connectivity index (χ3v) is 4.42. The molecule has 2 heterocycles. The van der Waals surface area contributed by atoms with Crippen molar-refractivity contribution in [1.82, 2.24) is 0 Å². The van der Waals surface area contributed by atoms with Gasteiger partial charge in [0.05, 0.1) is 0 Å². The molecule has 0 aliphatic carbocycles. The number of hydrogen-bond donors (Lipinski definition) is 1. The molecule has 2 aromatic carbocycles. The minimum absolute atomic E-state index is 0.122. The van der Waals surface area contributed by atoms with E-state index in [1.54, 1.807) is 0 Å². The molecule has 3 nitrogen and oxygen atoms in total. The van der Waals surface area contributed by atoms with Crippen molar-refractivity contribution in [2.24, 2.45) is 0 Å². The van der Waals surface area contributed by atoms with Crippen LogP contribution in [-0.4, -0.2) is 19.0 Å². The van der Waals surface area contributed by atoms with E-state index >= 15 is 0 Å². The SMILES string of the molecule is O=C(c1ccc2c(c1)CCN2)N1CCCc2ccccc21. The van der Waals surface area contributed by atoms with Gasteiger partial charge in [0, 0.05) is 30.0 Å². The summed E-state index contributed by atoms with van der Waals surface area (Å²) in [5.74, 6) is 0.122. The molecule has 21 heavy (non-hydrogen) atoms. The monoisotopic (exact) mass is 278 g/mol. The predicted molar refractivity (Wildman–Crippen MR) is 85.1 cm³/mol. The zero-order valence-corrected chi connectivity index (χ0v) is 11.9. The van der Waals surface area contributed by atoms with E-state index < -0.39 is 0 Å². The molecule has 0 fully saturated rings. The highest BCUT2D eigenvalue weighted by Crippen LogP contribution is 2.29. The highest BCUT2D eigenvalue weighted by atomic mass is 16.2. The van der Waals surface area contributed by atoms with Crippen LogP contribution in [0.5, 0.6) is 0 Å². The van der Waals surface area contributed by atoms with Crippen molar-refractivity contribution in [3.8, 4) is 0 Å². The number of aryl methyl sites for hydroxylation is 1. The summed E-state index contributed by atoms with van der Waals surface area (Å²) >= 11 is 0. The molecule has 2 aliphatic rings. The summed E-state index contributed by atoms with van der Waals surface area (Å²) in [5, 5.41) is 3.34. The standard InChI is InChI=1S/C18H18N2O/c21-18(15-7-8-16-14(12-15)9-10-19-16)20-11-3-5-13-4-1-2-6-17(13)20/h1-2,4,6-8,12,19H,3,5,9-11H2. The van der Waals surface area contributed by atoms with Gasteiger partial charge in [-0.3, -0.25) is 4.79 Å². The van der Waals surface area contributed by atoms with Crippen LogP contribution in [0.1, 0.15) is 27.9 Å². The van der Waals surface area contributed by atoms with Crippen LogP contribution in [0.15, 0.2) is 42.5 Å². The first-order valence-corrected chi connectivity index (χ1v) is 7.59. The van der Waals surface area contributed by atoms with Gasteiger partial charge in [-0.05, 0) is 54.7 Å². The van der Waals surface area contributed by atoms with E-state index in [4.69, 9.17) is 0 Å². The van der Waals surface area contributed by atoms with E-state index in [2.05, 4.69) is 23.5 Å². The molecule has 106 valence electrons. The third kappa shape index (κ3) is 2.09. The van der Waals surface area contributed by atoms with Gasteiger partial charge >= 0.3 is 0 Å². The average molecular weight is 278 g/mol. The number of amides is 1. The molecule has 0 radical (unpaired) electrons. The average Bonchev–Trinajstić information content (AvgIpc) is 3.01. The highest BCUT2D eigenvalue weighted by Gasteiger charge is 2.24. The molecule has 4 rings (SSSR count). The number of carbonyl (C=O) groups excluding carboxylic acids is 1. The van der Waals surface area contributed by atoms with Gasteiger partial charge < -0.3 is 10.2 Å². The zero-order chi connectivity index (χ0) is 14.2. The summed E-state index contributed by atoms with van der Waals surface area (Å²) in [7, 11) is 0. The number of fused-ring (bicyclic) bond motifs is 2. The van der Waals surface area contributed by atoms with Gasteiger partial charge in [-0.15, -0.1) is 0 Å². The van der Waals surface area contributed by atoms with E-state index in [0.717, 1.165) is 43.6 Å². The molecular formula is C18H18N2O. The van der Waals surface area contributed by atoms with Crippen molar-refractivity contribution < 1.29 is 4.79 Å². The Morgan fingerprint density at radius 3 is 2.90 bits per heavy atom. The molecule has 0 spiro atoms. The van der Waals surface area contributed by atoms with Crippen molar-refractivity contribution in [3.05, 3.63) is 59.2 Å². The van der Waals surface area contributed by atoms with Crippen LogP contribution in [0.3, 0.4) is 0 Å². The fourth-order valence-corrected chi connectivity index (χ4v) is 3.34. The Bertz CT molecular complexity index is 708. The topological polar surface area (TPSA) is 32.3 Å². The first-order chi connectivity index (χ1) is 10.3. The summed E-state index contributed by atoms with van der Waals surface area (Å²) in [5.41, 5.74) is 5.58. The Labute approximate surface area is 124 Å². The molecule has 1 N–H and O–H groups in total. The number of para-hydroxylation sites is 1. The maximum Gasteiger partial charge on any atom is 0.258 e. The van der Waals surface area contributed by atoms with Gasteiger partial charge in [-0.2, -0.15) is 0 Å². The van der Waals surface area contributed by atoms with Gasteiger partial charge in [-0.25, -0.2) is 0 Å². The van der Waals surface area contributed by atoms with Crippen LogP contribution in [0.2, 0.25) is 0 Å². The lowest BCUT2D eigenvalue weighted by Crippen LogP contribution is -2.35. The molecule has 0 saturated heterocycles. The maximum absolute atomic E-state index is 12.9. The van der Waals surface area contributed by atoms with Crippen LogP contribution in [0, 0.1) is 0 Å². The fourth-order valence-electron chi connectivity index (χ4n) is 3.34. The van der Waals surface area contributed by atoms with Gasteiger partial charge in [0.15, 0.2) is 0 Å². The van der Waals surface area contributed by atoms with E-state index in [1.807, 2.05) is 29.2 Å². The van der Waals surface area contributed by atoms with Crippen molar-refractivity contribution >= 4 is 17.3 Å². The van der Waals surface area contributed by atoms with Crippen molar-refractivity contribution in [3.63, 3.8) is 0 Å². The molecule has 2 aromatic rings. The molecule has 0 saturated carbocycles. The van der Waals surface area contributed by atoms with Crippen LogP contribution >= 0.6 is 0 Å². The molecule has 0 bridgehead atoms. The second-order valence-electron chi connectivity index (χ2n) is 5.74. The number of anilines is 2. The van der Waals surface area contributed by atoms with Crippen molar-refractivity contribution in [2.75, 3.05) is 23.3 Å². The lowest BCUT2D eigenvalue weighted by Gasteiger charge is -2.29. The molecule has 1 amide bonds. The van der Waals surface area contributed by atoms with Crippen LogP contribution in [0.4, 0.5) is 11.4 Å². The Balaban J connectivity index is 1.70. The van der Waals surface area contributed by atoms with Crippen LogP contribution in [-0.2, 0) is 12.8 Å². The largest absolute Gasteiger partial charge is 0.384 e. The number of rotatable bonds is 1. The Morgan fingerprint density at radius 2 is 1.95 bits per heavy atom. The minimum Gasteiger partial charge on any atom is -0.384 e. The molecule has 0 atom stereocenters. The Kier molecular flexibility index (Phi) is 2.92. The Hall–Kier alpha value is -2.29. The van der Waals surface area contributed by atoms with E-state index in [0.29, 0.717) is 0 Å². The number of nitrogens with one attached hydrogen (secondary N) is 1. The summed E-state index contributed by atoms with van der Waals surface area (Å²) in [6.07, 6.45) is 3.11. The number of nitrogens with zero attached hydrogens (tertiary/aromatic N) is 1. The van der Waals surface area contributed by atoms with E-state index in [-0.39, 0.29) is 5.91 Å². The second-order valence-corrected chi connectivity index (χ2v) is 5.74. The lowest BCUT2D eigenvalue weighted by molar-refractivity contribution is 0.0985. The van der Waals surface area contributed by atoms with E-state index in [1.165, 1.54) is 16.8 Å². The normalized spacial score (nSPS) is 16.1. The number of hydrogen-bond acceptors (Lipinski definition) is 2. The molecule has 3 heteroatoms. The van der Waals surface area contributed by atoms with Crippen molar-refractivity contribution in [2.45, 2.75) is 19.3 Å². The first-order valence-electron chi connectivity index (χ1n) is 7.59. The third-order valence-electron chi connectivity index (χ3n) is 4.42. The van der Waals surface area contributed by atoms with Gasteiger partial charge in [0.1, 0.15) is 0 Å². The second kappa shape index (κ2) is 4.92. The number of benzene rings is 2.